The number of aromatic nitrogens is 2. The molecular formula is C26H32ClN5O5. The summed E-state index contributed by atoms with van der Waals surface area (Å²) >= 11 is 6.43. The summed E-state index contributed by atoms with van der Waals surface area (Å²) < 4.78 is 10.0. The summed E-state index contributed by atoms with van der Waals surface area (Å²) in [5.41, 5.74) is 1.41. The van der Waals surface area contributed by atoms with E-state index < -0.39 is 29.7 Å². The highest BCUT2D eigenvalue weighted by molar-refractivity contribution is 6.32. The van der Waals surface area contributed by atoms with Gasteiger partial charge in [-0.2, -0.15) is 5.10 Å². The first-order valence-electron chi connectivity index (χ1n) is 11.4. The molecule has 0 bridgehead atoms. The second kappa shape index (κ2) is 12.9. The molecule has 198 valence electrons. The maximum Gasteiger partial charge on any atom is 0.411 e. The fourth-order valence-corrected chi connectivity index (χ4v) is 3.30. The van der Waals surface area contributed by atoms with Crippen molar-refractivity contribution >= 4 is 41.1 Å². The fourth-order valence-electron chi connectivity index (χ4n) is 3.10. The summed E-state index contributed by atoms with van der Waals surface area (Å²) in [6.07, 6.45) is 2.19. The number of nitrogens with one attached hydrogen (secondary N) is 3. The van der Waals surface area contributed by atoms with E-state index in [0.717, 1.165) is 0 Å². The Balaban J connectivity index is 2.55. The number of hydrogen-bond acceptors (Lipinski definition) is 7. The molecule has 1 heterocycles. The molecule has 11 heteroatoms. The number of benzene rings is 1. The Morgan fingerprint density at radius 1 is 1.08 bits per heavy atom. The smallest absolute Gasteiger partial charge is 0.411 e. The molecule has 1 aromatic heterocycles. The third kappa shape index (κ3) is 8.60. The number of carbonyl (C=O) groups is 3. The van der Waals surface area contributed by atoms with E-state index >= 15 is 0 Å². The highest BCUT2D eigenvalue weighted by Gasteiger charge is 2.23. The topological polar surface area (TPSA) is 132 Å². The minimum absolute atomic E-state index is 0.0688. The molecule has 3 amide bonds. The van der Waals surface area contributed by atoms with E-state index in [-0.39, 0.29) is 11.1 Å². The van der Waals surface area contributed by atoms with E-state index in [9.17, 15) is 14.4 Å². The summed E-state index contributed by atoms with van der Waals surface area (Å²) in [5.74, 6) is -0.803. The van der Waals surface area contributed by atoms with Crippen molar-refractivity contribution in [2.24, 2.45) is 5.92 Å². The lowest BCUT2D eigenvalue weighted by Crippen LogP contribution is -2.35. The SMILES string of the molecule is C=CC[C@H](NC(=O)OC(C)(C)C)c1cc(-c2ccc(NC(=O)OC)cc2NC(=O)C(C)C=C)c(Cl)nn1. The highest BCUT2D eigenvalue weighted by Crippen LogP contribution is 2.36. The molecule has 0 spiro atoms. The van der Waals surface area contributed by atoms with Crippen LogP contribution in [0.25, 0.3) is 11.1 Å². The van der Waals surface area contributed by atoms with Gasteiger partial charge in [-0.3, -0.25) is 10.1 Å². The molecule has 2 aromatic rings. The molecule has 0 saturated carbocycles. The number of halogens is 1. The van der Waals surface area contributed by atoms with Crippen LogP contribution in [-0.2, 0) is 14.3 Å². The summed E-state index contributed by atoms with van der Waals surface area (Å²) in [5, 5.41) is 16.5. The first-order chi connectivity index (χ1) is 17.4. The largest absolute Gasteiger partial charge is 0.453 e. The predicted octanol–water partition coefficient (Wildman–Crippen LogP) is 5.88. The number of rotatable bonds is 9. The van der Waals surface area contributed by atoms with Gasteiger partial charge in [0.15, 0.2) is 5.15 Å². The number of alkyl carbamates (subject to hydrolysis) is 1. The molecule has 37 heavy (non-hydrogen) atoms. The summed E-state index contributed by atoms with van der Waals surface area (Å²) in [6, 6.07) is 5.91. The number of ether oxygens (including phenoxy) is 2. The summed E-state index contributed by atoms with van der Waals surface area (Å²) in [7, 11) is 1.24. The van der Waals surface area contributed by atoms with Gasteiger partial charge in [-0.25, -0.2) is 9.59 Å². The standard InChI is InChI=1S/C26H32ClN5O5/c1-8-10-19(30-25(35)37-26(4,5)6)21-14-18(22(27)32-31-21)17-12-11-16(28-24(34)36-7)13-20(17)29-23(33)15(3)9-2/h8-9,11-15,19H,1-2,10H2,3-7H3,(H,28,34)(H,29,33)(H,30,35)/t15?,19-/m0/s1. The molecule has 0 saturated heterocycles. The van der Waals surface area contributed by atoms with Crippen LogP contribution in [0, 0.1) is 5.92 Å². The second-order valence-electron chi connectivity index (χ2n) is 9.09. The molecule has 0 radical (unpaired) electrons. The lowest BCUT2D eigenvalue weighted by atomic mass is 10.0. The maximum atomic E-state index is 12.7. The van der Waals surface area contributed by atoms with Gasteiger partial charge in [-0.15, -0.1) is 18.3 Å². The molecule has 0 aliphatic heterocycles. The fraction of sp³-hybridized carbons (Fsp3) is 0.346. The zero-order chi connectivity index (χ0) is 27.8. The molecule has 0 aliphatic carbocycles. The maximum absolute atomic E-state index is 12.7. The Labute approximate surface area is 221 Å². The Morgan fingerprint density at radius 2 is 1.78 bits per heavy atom. The van der Waals surface area contributed by atoms with Gasteiger partial charge in [0.1, 0.15) is 5.60 Å². The third-order valence-corrected chi connectivity index (χ3v) is 5.26. The van der Waals surface area contributed by atoms with E-state index in [0.29, 0.717) is 34.6 Å². The van der Waals surface area contributed by atoms with E-state index in [1.807, 2.05) is 0 Å². The number of carbonyl (C=O) groups excluding carboxylic acids is 3. The van der Waals surface area contributed by atoms with E-state index in [1.165, 1.54) is 13.2 Å². The van der Waals surface area contributed by atoms with Crippen LogP contribution in [0.15, 0.2) is 49.6 Å². The number of hydrogen-bond donors (Lipinski definition) is 3. The van der Waals surface area contributed by atoms with Gasteiger partial charge in [0.2, 0.25) is 5.91 Å². The van der Waals surface area contributed by atoms with Crippen LogP contribution in [0.3, 0.4) is 0 Å². The molecule has 1 aromatic carbocycles. The average Bonchev–Trinajstić information content (AvgIpc) is 2.82. The van der Waals surface area contributed by atoms with E-state index in [4.69, 9.17) is 16.3 Å². The predicted molar refractivity (Wildman–Crippen MR) is 143 cm³/mol. The highest BCUT2D eigenvalue weighted by atomic mass is 35.5. The van der Waals surface area contributed by atoms with Crippen LogP contribution in [-0.4, -0.2) is 41.0 Å². The summed E-state index contributed by atoms with van der Waals surface area (Å²) in [4.78, 5) is 36.8. The van der Waals surface area contributed by atoms with Crippen LogP contribution in [0.5, 0.6) is 0 Å². The van der Waals surface area contributed by atoms with Crippen molar-refractivity contribution in [3.63, 3.8) is 0 Å². The molecule has 2 rings (SSSR count). The van der Waals surface area contributed by atoms with Gasteiger partial charge in [-0.1, -0.05) is 36.7 Å². The van der Waals surface area contributed by atoms with Gasteiger partial charge < -0.3 is 20.1 Å². The van der Waals surface area contributed by atoms with E-state index in [2.05, 4.69) is 44.0 Å². The molecule has 2 atom stereocenters. The Hall–Kier alpha value is -3.92. The van der Waals surface area contributed by atoms with Crippen molar-refractivity contribution in [1.29, 1.82) is 0 Å². The van der Waals surface area contributed by atoms with Crippen LogP contribution in [0.1, 0.15) is 45.9 Å². The minimum Gasteiger partial charge on any atom is -0.453 e. The van der Waals surface area contributed by atoms with Crippen molar-refractivity contribution in [2.75, 3.05) is 17.7 Å². The molecule has 10 nitrogen and oxygen atoms in total. The Kier molecular flexibility index (Phi) is 10.2. The molecule has 3 N–H and O–H groups in total. The van der Waals surface area contributed by atoms with Crippen molar-refractivity contribution < 1.29 is 23.9 Å². The number of anilines is 2. The van der Waals surface area contributed by atoms with Crippen LogP contribution >= 0.6 is 11.6 Å². The van der Waals surface area contributed by atoms with Gasteiger partial charge in [-0.05, 0) is 45.4 Å². The van der Waals surface area contributed by atoms with Crippen molar-refractivity contribution in [1.82, 2.24) is 15.5 Å². The normalized spacial score (nSPS) is 12.5. The molecule has 0 fully saturated rings. The zero-order valence-electron chi connectivity index (χ0n) is 21.6. The second-order valence-corrected chi connectivity index (χ2v) is 9.45. The van der Waals surface area contributed by atoms with Crippen molar-refractivity contribution in [3.8, 4) is 11.1 Å². The summed E-state index contributed by atoms with van der Waals surface area (Å²) in [6.45, 7) is 14.4. The van der Waals surface area contributed by atoms with Gasteiger partial charge in [0.05, 0.1) is 30.5 Å². The minimum atomic E-state index is -0.685. The number of methoxy groups -OCH3 is 1. The quantitative estimate of drug-likeness (QED) is 0.346. The van der Waals surface area contributed by atoms with Crippen LogP contribution in [0.4, 0.5) is 21.0 Å². The third-order valence-electron chi connectivity index (χ3n) is 4.98. The average molecular weight is 530 g/mol. The number of amides is 3. The van der Waals surface area contributed by atoms with Gasteiger partial charge in [0, 0.05) is 16.8 Å². The zero-order valence-corrected chi connectivity index (χ0v) is 22.3. The first kappa shape index (κ1) is 29.3. The Bertz CT molecular complexity index is 1180. The first-order valence-corrected chi connectivity index (χ1v) is 11.8. The van der Waals surface area contributed by atoms with Crippen LogP contribution in [0.2, 0.25) is 5.15 Å². The van der Waals surface area contributed by atoms with Gasteiger partial charge in [0.25, 0.3) is 0 Å². The van der Waals surface area contributed by atoms with E-state index in [1.54, 1.807) is 58.0 Å². The lowest BCUT2D eigenvalue weighted by molar-refractivity contribution is -0.118. The lowest BCUT2D eigenvalue weighted by Gasteiger charge is -2.23. The number of nitrogens with zero attached hydrogens (tertiary/aromatic N) is 2. The molecule has 0 aliphatic rings. The van der Waals surface area contributed by atoms with Crippen molar-refractivity contribution in [2.45, 2.75) is 45.8 Å². The molecular weight excluding hydrogens is 498 g/mol. The Morgan fingerprint density at radius 3 is 2.38 bits per heavy atom. The van der Waals surface area contributed by atoms with Crippen LogP contribution < -0.4 is 16.0 Å². The van der Waals surface area contributed by atoms with Crippen molar-refractivity contribution in [3.05, 3.63) is 60.4 Å². The molecule has 1 unspecified atom stereocenters. The monoisotopic (exact) mass is 529 g/mol. The van der Waals surface area contributed by atoms with Gasteiger partial charge >= 0.3 is 12.2 Å².